The fourth-order valence-corrected chi connectivity index (χ4v) is 3.58. The molecule has 118 valence electrons. The van der Waals surface area contributed by atoms with Gasteiger partial charge in [0.15, 0.2) is 0 Å². The zero-order chi connectivity index (χ0) is 16.2. The highest BCUT2D eigenvalue weighted by molar-refractivity contribution is 9.10. The number of piperidine rings is 1. The average molecular weight is 389 g/mol. The second-order valence-electron chi connectivity index (χ2n) is 5.46. The number of amides is 1. The van der Waals surface area contributed by atoms with E-state index in [1.807, 2.05) is 41.3 Å². The molecule has 3 nitrogen and oxygen atoms in total. The lowest BCUT2D eigenvalue weighted by molar-refractivity contribution is 0.0740. The van der Waals surface area contributed by atoms with E-state index in [0.717, 1.165) is 45.9 Å². The van der Waals surface area contributed by atoms with E-state index >= 15 is 0 Å². The van der Waals surface area contributed by atoms with E-state index in [4.69, 9.17) is 0 Å². The molecule has 5 heteroatoms. The number of aromatic nitrogens is 1. The van der Waals surface area contributed by atoms with Crippen LogP contribution in [0.3, 0.4) is 0 Å². The normalized spacial score (nSPS) is 14.8. The fraction of sp³-hybridized carbons (Fsp3) is 0.222. The van der Waals surface area contributed by atoms with Crippen molar-refractivity contribution in [3.8, 4) is 0 Å². The molecule has 1 aliphatic heterocycles. The number of hydrogen-bond acceptors (Lipinski definition) is 3. The highest BCUT2D eigenvalue weighted by Gasteiger charge is 2.22. The third-order valence-electron chi connectivity index (χ3n) is 3.79. The van der Waals surface area contributed by atoms with Crippen LogP contribution in [-0.4, -0.2) is 28.9 Å². The lowest BCUT2D eigenvalue weighted by atomic mass is 10.0. The summed E-state index contributed by atoms with van der Waals surface area (Å²) in [5.74, 6) is 0.0951. The summed E-state index contributed by atoms with van der Waals surface area (Å²) in [5.41, 5.74) is 1.98. The molecule has 3 rings (SSSR count). The van der Waals surface area contributed by atoms with Crippen molar-refractivity contribution in [3.05, 3.63) is 64.8 Å². The fourth-order valence-electron chi connectivity index (χ4n) is 2.46. The summed E-state index contributed by atoms with van der Waals surface area (Å²) in [6.45, 7) is 5.52. The summed E-state index contributed by atoms with van der Waals surface area (Å²) in [5, 5.41) is 0.875. The molecule has 0 atom stereocenters. The van der Waals surface area contributed by atoms with Gasteiger partial charge in [0.25, 0.3) is 5.91 Å². The van der Waals surface area contributed by atoms with Crippen molar-refractivity contribution >= 4 is 33.6 Å². The predicted molar refractivity (Wildman–Crippen MR) is 96.8 cm³/mol. The van der Waals surface area contributed by atoms with Gasteiger partial charge in [-0.1, -0.05) is 36.0 Å². The van der Waals surface area contributed by atoms with E-state index < -0.39 is 0 Å². The van der Waals surface area contributed by atoms with Crippen molar-refractivity contribution in [1.82, 2.24) is 9.88 Å². The van der Waals surface area contributed by atoms with Crippen LogP contribution in [0.15, 0.2) is 69.1 Å². The smallest absolute Gasteiger partial charge is 0.255 e. The van der Waals surface area contributed by atoms with Gasteiger partial charge in [-0.3, -0.25) is 4.79 Å². The first-order valence-corrected chi connectivity index (χ1v) is 9.09. The van der Waals surface area contributed by atoms with Gasteiger partial charge in [0, 0.05) is 28.7 Å². The van der Waals surface area contributed by atoms with Crippen molar-refractivity contribution < 1.29 is 4.79 Å². The Morgan fingerprint density at radius 2 is 1.91 bits per heavy atom. The van der Waals surface area contributed by atoms with E-state index in [-0.39, 0.29) is 5.91 Å². The van der Waals surface area contributed by atoms with Gasteiger partial charge in [-0.05, 0) is 53.0 Å². The van der Waals surface area contributed by atoms with Crippen LogP contribution in [0, 0.1) is 0 Å². The Bertz CT molecular complexity index is 720. The van der Waals surface area contributed by atoms with E-state index in [9.17, 15) is 4.79 Å². The summed E-state index contributed by atoms with van der Waals surface area (Å²) in [7, 11) is 0. The molecule has 1 aromatic heterocycles. The lowest BCUT2D eigenvalue weighted by Gasteiger charge is -2.28. The van der Waals surface area contributed by atoms with E-state index in [0.29, 0.717) is 0 Å². The van der Waals surface area contributed by atoms with Crippen molar-refractivity contribution in [3.63, 3.8) is 0 Å². The number of carbonyl (C=O) groups is 1. The molecule has 2 heterocycles. The molecule has 0 bridgehead atoms. The Hall–Kier alpha value is -1.59. The molecule has 23 heavy (non-hydrogen) atoms. The zero-order valence-electron chi connectivity index (χ0n) is 12.7. The van der Waals surface area contributed by atoms with Gasteiger partial charge in [-0.15, -0.1) is 0 Å². The first-order chi connectivity index (χ1) is 11.1. The number of nitrogens with zero attached hydrogens (tertiary/aromatic N) is 2. The molecule has 1 aromatic carbocycles. The molecule has 0 spiro atoms. The van der Waals surface area contributed by atoms with Gasteiger partial charge in [0.2, 0.25) is 0 Å². The second-order valence-corrected chi connectivity index (χ2v) is 7.43. The minimum Gasteiger partial charge on any atom is -0.338 e. The second kappa shape index (κ2) is 7.32. The number of benzene rings is 1. The minimum atomic E-state index is 0.0951. The minimum absolute atomic E-state index is 0.0951. The first kappa shape index (κ1) is 16.3. The number of pyridine rings is 1. The van der Waals surface area contributed by atoms with E-state index in [2.05, 4.69) is 27.5 Å². The molecule has 0 radical (unpaired) electrons. The predicted octanol–water partition coefficient (Wildman–Crippen LogP) is 4.79. The zero-order valence-corrected chi connectivity index (χ0v) is 15.1. The first-order valence-electron chi connectivity index (χ1n) is 7.48. The maximum Gasteiger partial charge on any atom is 0.255 e. The number of rotatable bonds is 3. The maximum atomic E-state index is 12.8. The summed E-state index contributed by atoms with van der Waals surface area (Å²) in [6, 6.07) is 11.6. The van der Waals surface area contributed by atoms with Crippen LogP contribution in [-0.2, 0) is 0 Å². The number of halogens is 1. The Morgan fingerprint density at radius 1 is 1.17 bits per heavy atom. The molecule has 2 aromatic rings. The summed E-state index contributed by atoms with van der Waals surface area (Å²) >= 11 is 4.90. The Balaban J connectivity index is 1.81. The van der Waals surface area contributed by atoms with Crippen LogP contribution in [0.4, 0.5) is 0 Å². The van der Waals surface area contributed by atoms with Crippen molar-refractivity contribution in [2.75, 3.05) is 13.1 Å². The number of carbonyl (C=O) groups excluding carboxylic acids is 1. The van der Waals surface area contributed by atoms with Crippen LogP contribution in [0.1, 0.15) is 23.2 Å². The molecular weight excluding hydrogens is 372 g/mol. The number of likely N-dealkylation sites (tertiary alicyclic amines) is 1. The molecule has 0 unspecified atom stereocenters. The van der Waals surface area contributed by atoms with Crippen LogP contribution in [0.2, 0.25) is 0 Å². The summed E-state index contributed by atoms with van der Waals surface area (Å²) in [6.07, 6.45) is 3.56. The van der Waals surface area contributed by atoms with Crippen LogP contribution in [0.5, 0.6) is 0 Å². The Kier molecular flexibility index (Phi) is 5.18. The van der Waals surface area contributed by atoms with E-state index in [1.165, 1.54) is 17.3 Å². The SMILES string of the molecule is C=C1CCN(C(=O)c2ccccc2Sc2ccc(Br)cn2)CC1. The molecule has 0 N–H and O–H groups in total. The standard InChI is InChI=1S/C18H17BrN2OS/c1-13-8-10-21(11-9-13)18(22)15-4-2-3-5-16(15)23-17-7-6-14(19)12-20-17/h2-7,12H,1,8-11H2. The topological polar surface area (TPSA) is 33.2 Å². The molecule has 0 saturated carbocycles. The van der Waals surface area contributed by atoms with Crippen molar-refractivity contribution in [1.29, 1.82) is 0 Å². The molecule has 1 amide bonds. The maximum absolute atomic E-state index is 12.8. The van der Waals surface area contributed by atoms with Crippen LogP contribution >= 0.6 is 27.7 Å². The van der Waals surface area contributed by atoms with Gasteiger partial charge >= 0.3 is 0 Å². The molecule has 1 saturated heterocycles. The third kappa shape index (κ3) is 4.03. The molecular formula is C18H17BrN2OS. The molecule has 1 aliphatic rings. The van der Waals surface area contributed by atoms with Gasteiger partial charge < -0.3 is 4.90 Å². The van der Waals surface area contributed by atoms with Crippen molar-refractivity contribution in [2.24, 2.45) is 0 Å². The van der Waals surface area contributed by atoms with Crippen molar-refractivity contribution in [2.45, 2.75) is 22.8 Å². The van der Waals surface area contributed by atoms with Gasteiger partial charge in [0.1, 0.15) is 5.03 Å². The van der Waals surface area contributed by atoms with Crippen LogP contribution < -0.4 is 0 Å². The van der Waals surface area contributed by atoms with Crippen LogP contribution in [0.25, 0.3) is 0 Å². The number of hydrogen-bond donors (Lipinski definition) is 0. The monoisotopic (exact) mass is 388 g/mol. The Labute approximate surface area is 148 Å². The average Bonchev–Trinajstić information content (AvgIpc) is 2.57. The summed E-state index contributed by atoms with van der Waals surface area (Å²) < 4.78 is 0.944. The largest absolute Gasteiger partial charge is 0.338 e. The van der Waals surface area contributed by atoms with E-state index in [1.54, 1.807) is 6.20 Å². The molecule has 1 fully saturated rings. The highest BCUT2D eigenvalue weighted by atomic mass is 79.9. The summed E-state index contributed by atoms with van der Waals surface area (Å²) in [4.78, 5) is 20.1. The van der Waals surface area contributed by atoms with Gasteiger partial charge in [-0.2, -0.15) is 0 Å². The van der Waals surface area contributed by atoms with Gasteiger partial charge in [0.05, 0.1) is 5.56 Å². The quantitative estimate of drug-likeness (QED) is 0.708. The molecule has 0 aliphatic carbocycles. The third-order valence-corrected chi connectivity index (χ3v) is 5.29. The lowest BCUT2D eigenvalue weighted by Crippen LogP contribution is -2.36. The Morgan fingerprint density at radius 3 is 2.61 bits per heavy atom. The van der Waals surface area contributed by atoms with Gasteiger partial charge in [-0.25, -0.2) is 4.98 Å². The highest BCUT2D eigenvalue weighted by Crippen LogP contribution is 2.31.